The van der Waals surface area contributed by atoms with E-state index in [0.29, 0.717) is 4.47 Å². The molecule has 9 heteroatoms. The summed E-state index contributed by atoms with van der Waals surface area (Å²) in [6, 6.07) is 3.52. The van der Waals surface area contributed by atoms with Gasteiger partial charge in [0.2, 0.25) is 0 Å². The summed E-state index contributed by atoms with van der Waals surface area (Å²) in [5, 5.41) is 18.4. The average Bonchev–Trinajstić information content (AvgIpc) is 2.39. The number of carboxylic acid groups (broad SMARTS) is 2. The quantitative estimate of drug-likeness (QED) is 0.652. The Bertz CT molecular complexity index is 862. The molecule has 22 heavy (non-hydrogen) atoms. The number of anilines is 1. The lowest BCUT2D eigenvalue weighted by Crippen LogP contribution is -2.24. The lowest BCUT2D eigenvalue weighted by atomic mass is 9.95. The fourth-order valence-electron chi connectivity index (χ4n) is 2.01. The highest BCUT2D eigenvalue weighted by atomic mass is 79.9. The molecule has 0 unspecified atom stereocenters. The highest BCUT2D eigenvalue weighted by Crippen LogP contribution is 2.32. The molecule has 0 saturated heterocycles. The van der Waals surface area contributed by atoms with Crippen LogP contribution in [-0.2, 0) is 0 Å². The Morgan fingerprint density at radius 2 is 1.77 bits per heavy atom. The van der Waals surface area contributed by atoms with Crippen LogP contribution in [0.2, 0.25) is 0 Å². The van der Waals surface area contributed by atoms with Crippen molar-refractivity contribution in [3.8, 4) is 11.1 Å². The molecule has 7 nitrogen and oxygen atoms in total. The number of nitrogen functional groups attached to an aromatic ring is 1. The Balaban J connectivity index is 3.06. The normalized spacial score (nSPS) is 10.5. The number of rotatable bonds is 3. The van der Waals surface area contributed by atoms with Crippen LogP contribution in [0.4, 0.5) is 10.2 Å². The van der Waals surface area contributed by atoms with E-state index in [1.54, 1.807) is 0 Å². The predicted octanol–water partition coefficient (Wildman–Crippen LogP) is 1.92. The zero-order valence-corrected chi connectivity index (χ0v) is 12.3. The highest BCUT2D eigenvalue weighted by Gasteiger charge is 2.28. The molecule has 0 spiro atoms. The Morgan fingerprint density at radius 1 is 1.18 bits per heavy atom. The number of pyridine rings is 1. The molecule has 0 atom stereocenters. The molecular formula is C13H8BrFN2O5. The number of aromatic nitrogens is 1. The molecule has 1 aromatic carbocycles. The van der Waals surface area contributed by atoms with Gasteiger partial charge in [0, 0.05) is 15.6 Å². The van der Waals surface area contributed by atoms with Crippen molar-refractivity contribution in [2.24, 2.45) is 0 Å². The van der Waals surface area contributed by atoms with Crippen molar-refractivity contribution < 1.29 is 24.2 Å². The van der Waals surface area contributed by atoms with Crippen molar-refractivity contribution in [3.05, 3.63) is 50.0 Å². The minimum Gasteiger partial charge on any atom is -0.478 e. The van der Waals surface area contributed by atoms with Gasteiger partial charge in [-0.05, 0) is 18.2 Å². The van der Waals surface area contributed by atoms with Crippen LogP contribution in [0.5, 0.6) is 0 Å². The van der Waals surface area contributed by atoms with Gasteiger partial charge in [0.25, 0.3) is 5.56 Å². The van der Waals surface area contributed by atoms with E-state index in [2.05, 4.69) is 15.9 Å². The monoisotopic (exact) mass is 370 g/mol. The van der Waals surface area contributed by atoms with E-state index >= 15 is 0 Å². The van der Waals surface area contributed by atoms with Gasteiger partial charge in [-0.2, -0.15) is 0 Å². The first-order valence-electron chi connectivity index (χ1n) is 5.71. The molecule has 0 bridgehead atoms. The van der Waals surface area contributed by atoms with Crippen LogP contribution in [0.3, 0.4) is 0 Å². The molecule has 0 radical (unpaired) electrons. The largest absolute Gasteiger partial charge is 0.478 e. The topological polar surface area (TPSA) is 133 Å². The molecule has 0 aliphatic heterocycles. The minimum absolute atomic E-state index is 0.359. The van der Waals surface area contributed by atoms with Gasteiger partial charge in [0.05, 0.1) is 0 Å². The number of carboxylic acids is 2. The van der Waals surface area contributed by atoms with E-state index in [0.717, 1.165) is 6.07 Å². The highest BCUT2D eigenvalue weighted by molar-refractivity contribution is 9.10. The Hall–Kier alpha value is -2.68. The van der Waals surface area contributed by atoms with E-state index in [1.807, 2.05) is 4.98 Å². The maximum absolute atomic E-state index is 14.0. The van der Waals surface area contributed by atoms with Crippen molar-refractivity contribution in [1.29, 1.82) is 0 Å². The summed E-state index contributed by atoms with van der Waals surface area (Å²) in [6.07, 6.45) is 0. The SMILES string of the molecule is Nc1[nH]c(=O)c(C(=O)O)c(-c2cc(Br)ccc2F)c1C(=O)O. The lowest BCUT2D eigenvalue weighted by molar-refractivity contribution is 0.0695. The summed E-state index contributed by atoms with van der Waals surface area (Å²) in [4.78, 5) is 36.4. The number of nitrogens with one attached hydrogen (secondary N) is 1. The van der Waals surface area contributed by atoms with Gasteiger partial charge in [0.1, 0.15) is 22.8 Å². The molecule has 0 fully saturated rings. The number of hydrogen-bond donors (Lipinski definition) is 4. The predicted molar refractivity (Wildman–Crippen MR) is 78.5 cm³/mol. The third kappa shape index (κ3) is 2.58. The Labute approximate surface area is 130 Å². The summed E-state index contributed by atoms with van der Waals surface area (Å²) in [7, 11) is 0. The third-order valence-corrected chi connectivity index (χ3v) is 3.36. The van der Waals surface area contributed by atoms with Gasteiger partial charge in [0.15, 0.2) is 0 Å². The van der Waals surface area contributed by atoms with Crippen LogP contribution in [0, 0.1) is 5.82 Å². The molecule has 1 heterocycles. The standard InChI is InChI=1S/C13H8BrFN2O5/c14-4-1-2-6(15)5(3-4)7-8(12(19)20)10(16)17-11(18)9(7)13(21)22/h1-3H,(H,19,20)(H,21,22)(H3,16,17,18). The molecule has 1 aromatic heterocycles. The van der Waals surface area contributed by atoms with Gasteiger partial charge in [-0.25, -0.2) is 14.0 Å². The van der Waals surface area contributed by atoms with Crippen LogP contribution in [0.1, 0.15) is 20.7 Å². The van der Waals surface area contributed by atoms with E-state index in [4.69, 9.17) is 5.73 Å². The van der Waals surface area contributed by atoms with E-state index in [9.17, 15) is 29.0 Å². The average molecular weight is 371 g/mol. The van der Waals surface area contributed by atoms with E-state index in [1.165, 1.54) is 12.1 Å². The van der Waals surface area contributed by atoms with E-state index < -0.39 is 45.8 Å². The number of aromatic amines is 1. The second-order valence-corrected chi connectivity index (χ2v) is 5.14. The van der Waals surface area contributed by atoms with Crippen LogP contribution in [0.15, 0.2) is 27.5 Å². The summed E-state index contributed by atoms with van der Waals surface area (Å²) < 4.78 is 14.4. The van der Waals surface area contributed by atoms with Crippen molar-refractivity contribution in [1.82, 2.24) is 4.98 Å². The zero-order valence-electron chi connectivity index (χ0n) is 10.7. The van der Waals surface area contributed by atoms with Gasteiger partial charge in [-0.15, -0.1) is 0 Å². The molecule has 114 valence electrons. The Morgan fingerprint density at radius 3 is 2.32 bits per heavy atom. The van der Waals surface area contributed by atoms with Crippen molar-refractivity contribution in [3.63, 3.8) is 0 Å². The van der Waals surface area contributed by atoms with Crippen LogP contribution in [-0.4, -0.2) is 27.1 Å². The van der Waals surface area contributed by atoms with E-state index in [-0.39, 0.29) is 5.56 Å². The number of H-pyrrole nitrogens is 1. The third-order valence-electron chi connectivity index (χ3n) is 2.87. The molecule has 5 N–H and O–H groups in total. The fourth-order valence-corrected chi connectivity index (χ4v) is 2.37. The van der Waals surface area contributed by atoms with Gasteiger partial charge in [-0.3, -0.25) is 4.79 Å². The second-order valence-electron chi connectivity index (χ2n) is 4.23. The molecule has 2 aromatic rings. The van der Waals surface area contributed by atoms with Gasteiger partial charge >= 0.3 is 11.9 Å². The Kier molecular flexibility index (Phi) is 4.00. The van der Waals surface area contributed by atoms with Crippen molar-refractivity contribution in [2.75, 3.05) is 5.73 Å². The molecule has 2 rings (SSSR count). The summed E-state index contributed by atoms with van der Waals surface area (Å²) in [5.74, 6) is -4.74. The summed E-state index contributed by atoms with van der Waals surface area (Å²) in [5.41, 5.74) is 1.81. The number of aromatic carboxylic acids is 2. The summed E-state index contributed by atoms with van der Waals surface area (Å²) >= 11 is 3.08. The number of halogens is 2. The lowest BCUT2D eigenvalue weighted by Gasteiger charge is -2.13. The minimum atomic E-state index is -1.70. The van der Waals surface area contributed by atoms with Crippen LogP contribution in [0.25, 0.3) is 11.1 Å². The first-order chi connectivity index (χ1) is 10.2. The molecular weight excluding hydrogens is 363 g/mol. The molecule has 0 aliphatic carbocycles. The van der Waals surface area contributed by atoms with Crippen LogP contribution >= 0.6 is 15.9 Å². The van der Waals surface area contributed by atoms with Gasteiger partial charge < -0.3 is 20.9 Å². The first-order valence-corrected chi connectivity index (χ1v) is 6.51. The maximum Gasteiger partial charge on any atom is 0.342 e. The number of benzene rings is 1. The number of hydrogen-bond acceptors (Lipinski definition) is 4. The molecule has 0 amide bonds. The second kappa shape index (κ2) is 5.60. The van der Waals surface area contributed by atoms with Gasteiger partial charge in [-0.1, -0.05) is 15.9 Å². The first kappa shape index (κ1) is 15.7. The van der Waals surface area contributed by atoms with Crippen LogP contribution < -0.4 is 11.3 Å². The number of carbonyl (C=O) groups is 2. The molecule has 0 saturated carbocycles. The molecule has 0 aliphatic rings. The smallest absolute Gasteiger partial charge is 0.342 e. The number of nitrogens with two attached hydrogens (primary N) is 1. The van der Waals surface area contributed by atoms with Crippen molar-refractivity contribution >= 4 is 33.7 Å². The maximum atomic E-state index is 14.0. The fraction of sp³-hybridized carbons (Fsp3) is 0. The van der Waals surface area contributed by atoms with Crippen molar-refractivity contribution in [2.45, 2.75) is 0 Å². The zero-order chi connectivity index (χ0) is 16.6. The summed E-state index contributed by atoms with van der Waals surface area (Å²) in [6.45, 7) is 0.